The third-order valence-corrected chi connectivity index (χ3v) is 7.16. The summed E-state index contributed by atoms with van der Waals surface area (Å²) in [6, 6.07) is 21.0. The second-order valence-corrected chi connectivity index (χ2v) is 9.79. The van der Waals surface area contributed by atoms with Crippen molar-refractivity contribution in [1.29, 1.82) is 0 Å². The van der Waals surface area contributed by atoms with Crippen LogP contribution in [0.15, 0.2) is 72.9 Å². The van der Waals surface area contributed by atoms with Crippen molar-refractivity contribution in [1.82, 2.24) is 4.57 Å². The van der Waals surface area contributed by atoms with E-state index in [0.29, 0.717) is 30.5 Å². The topological polar surface area (TPSA) is 156 Å². The van der Waals surface area contributed by atoms with Gasteiger partial charge >= 0.3 is 11.9 Å². The Morgan fingerprint density at radius 3 is 2.27 bits per heavy atom. The Morgan fingerprint density at radius 2 is 1.50 bits per heavy atom. The molecule has 5 unspecified atom stereocenters. The Balaban J connectivity index is 1.24. The molecule has 1 saturated heterocycles. The van der Waals surface area contributed by atoms with Gasteiger partial charge in [-0.2, -0.15) is 0 Å². The van der Waals surface area contributed by atoms with E-state index in [2.05, 4.69) is 0 Å². The largest absolute Gasteiger partial charge is 0.479 e. The number of ether oxygens (including phenoxy) is 2. The molecule has 1 aliphatic rings. The summed E-state index contributed by atoms with van der Waals surface area (Å²) in [5, 5.41) is 41.5. The van der Waals surface area contributed by atoms with E-state index in [9.17, 15) is 29.7 Å². The minimum Gasteiger partial charge on any atom is -0.479 e. The number of fused-ring (bicyclic) bond motifs is 2. The molecule has 4 N–H and O–H groups in total. The molecular formula is C30H29NO9. The smallest absolute Gasteiger partial charge is 0.335 e. The number of carboxylic acid groups (broad SMARTS) is 1. The van der Waals surface area contributed by atoms with Gasteiger partial charge < -0.3 is 34.5 Å². The van der Waals surface area contributed by atoms with Crippen molar-refractivity contribution in [2.45, 2.75) is 56.5 Å². The molecule has 40 heavy (non-hydrogen) atoms. The third-order valence-electron chi connectivity index (χ3n) is 7.16. The van der Waals surface area contributed by atoms with E-state index in [1.54, 1.807) is 0 Å². The van der Waals surface area contributed by atoms with Crippen molar-refractivity contribution in [3.8, 4) is 0 Å². The fourth-order valence-electron chi connectivity index (χ4n) is 5.07. The molecule has 0 radical (unpaired) electrons. The Labute approximate surface area is 229 Å². The fourth-order valence-corrected chi connectivity index (χ4v) is 5.07. The van der Waals surface area contributed by atoms with Crippen molar-refractivity contribution in [3.63, 3.8) is 0 Å². The average molecular weight is 548 g/mol. The van der Waals surface area contributed by atoms with Crippen molar-refractivity contribution < 1.29 is 44.3 Å². The Hall–Kier alpha value is -4.09. The quantitative estimate of drug-likeness (QED) is 0.141. The average Bonchev–Trinajstić information content (AvgIpc) is 3.33. The highest BCUT2D eigenvalue weighted by molar-refractivity contribution is 6.21. The molecule has 10 nitrogen and oxygen atoms in total. The van der Waals surface area contributed by atoms with Gasteiger partial charge in [-0.3, -0.25) is 9.59 Å². The van der Waals surface area contributed by atoms with Crippen LogP contribution in [0.25, 0.3) is 21.7 Å². The first-order valence-corrected chi connectivity index (χ1v) is 13.0. The Kier molecular flexibility index (Phi) is 7.95. The highest BCUT2D eigenvalue weighted by atomic mass is 16.7. The summed E-state index contributed by atoms with van der Waals surface area (Å²) in [6.45, 7) is 0.519. The van der Waals surface area contributed by atoms with Crippen molar-refractivity contribution in [3.05, 3.63) is 84.1 Å². The number of aliphatic hydroxyl groups excluding tert-OH is 3. The van der Waals surface area contributed by atoms with E-state index in [1.807, 2.05) is 77.5 Å². The first kappa shape index (κ1) is 27.5. The van der Waals surface area contributed by atoms with Gasteiger partial charge in [-0.15, -0.1) is 0 Å². The van der Waals surface area contributed by atoms with Crippen LogP contribution in [0.5, 0.6) is 0 Å². The minimum atomic E-state index is -1.86. The molecule has 0 aliphatic carbocycles. The molecule has 1 fully saturated rings. The lowest BCUT2D eigenvalue weighted by Crippen LogP contribution is -2.60. The maximum atomic E-state index is 13.7. The van der Waals surface area contributed by atoms with Gasteiger partial charge in [0.2, 0.25) is 6.29 Å². The number of aromatic nitrogens is 1. The molecule has 0 bridgehead atoms. The third kappa shape index (κ3) is 5.34. The zero-order valence-electron chi connectivity index (χ0n) is 21.4. The number of para-hydroxylation sites is 1. The number of carbonyl (C=O) groups is 3. The maximum absolute atomic E-state index is 13.7. The lowest BCUT2D eigenvalue weighted by molar-refractivity contribution is -0.286. The number of unbranched alkanes of at least 4 members (excludes halogenated alkanes) is 1. The highest BCUT2D eigenvalue weighted by Crippen LogP contribution is 2.28. The van der Waals surface area contributed by atoms with Gasteiger partial charge in [0.15, 0.2) is 11.9 Å². The molecule has 4 aromatic rings. The summed E-state index contributed by atoms with van der Waals surface area (Å²) in [4.78, 5) is 37.2. The van der Waals surface area contributed by atoms with E-state index >= 15 is 0 Å². The van der Waals surface area contributed by atoms with Crippen LogP contribution in [-0.2, 0) is 25.6 Å². The van der Waals surface area contributed by atoms with Crippen LogP contribution in [0.3, 0.4) is 0 Å². The summed E-state index contributed by atoms with van der Waals surface area (Å²) in [5.41, 5.74) is 2.10. The molecule has 1 aromatic heterocycles. The molecule has 0 saturated carbocycles. The molecule has 5 atom stereocenters. The number of carbonyl (C=O) groups excluding carboxylic acids is 2. The van der Waals surface area contributed by atoms with Gasteiger partial charge in [-0.25, -0.2) is 4.79 Å². The van der Waals surface area contributed by atoms with Crippen molar-refractivity contribution >= 4 is 39.4 Å². The summed E-state index contributed by atoms with van der Waals surface area (Å²) in [7, 11) is 0. The second kappa shape index (κ2) is 11.6. The molecule has 0 spiro atoms. The molecule has 208 valence electrons. The minimum absolute atomic E-state index is 0.0516. The number of hydrogen-bond acceptors (Lipinski definition) is 8. The van der Waals surface area contributed by atoms with Gasteiger partial charge in [0, 0.05) is 41.2 Å². The zero-order valence-corrected chi connectivity index (χ0v) is 21.4. The molecule has 0 amide bonds. The number of hydrogen-bond donors (Lipinski definition) is 4. The van der Waals surface area contributed by atoms with Gasteiger partial charge in [0.25, 0.3) is 0 Å². The molecule has 3 aromatic carbocycles. The molecular weight excluding hydrogens is 518 g/mol. The monoisotopic (exact) mass is 547 g/mol. The standard InChI is InChI=1S/C30H29NO9/c32-23(39-30-27(36)25(34)26(35)28(40-30)29(37)38)14-5-6-15-31-16-21(19-11-3-4-13-22(19)31)24(33)20-12-7-9-17-8-1-2-10-18(17)20/h1-4,7-13,16,25-28,30,34-36H,5-6,14-15H2,(H,37,38). The van der Waals surface area contributed by atoms with Gasteiger partial charge in [-0.05, 0) is 29.7 Å². The first-order valence-electron chi connectivity index (χ1n) is 13.0. The number of aliphatic hydroxyl groups is 3. The first-order chi connectivity index (χ1) is 19.3. The van der Waals surface area contributed by atoms with Gasteiger partial charge in [-0.1, -0.05) is 60.7 Å². The van der Waals surface area contributed by atoms with E-state index < -0.39 is 42.6 Å². The van der Waals surface area contributed by atoms with Crippen molar-refractivity contribution in [2.75, 3.05) is 0 Å². The number of esters is 1. The summed E-state index contributed by atoms with van der Waals surface area (Å²) in [6.07, 6.45) is -6.33. The van der Waals surface area contributed by atoms with Crippen LogP contribution in [-0.4, -0.2) is 73.4 Å². The predicted molar refractivity (Wildman–Crippen MR) is 144 cm³/mol. The second-order valence-electron chi connectivity index (χ2n) is 9.79. The van der Waals surface area contributed by atoms with E-state index in [0.717, 1.165) is 21.7 Å². The van der Waals surface area contributed by atoms with Crippen LogP contribution < -0.4 is 0 Å². The molecule has 10 heteroatoms. The van der Waals surface area contributed by atoms with E-state index in [1.165, 1.54) is 0 Å². The lowest BCUT2D eigenvalue weighted by Gasteiger charge is -2.37. The number of benzene rings is 3. The number of ketones is 1. The normalized spacial score (nSPS) is 22.8. The number of aliphatic carboxylic acids is 1. The van der Waals surface area contributed by atoms with Crippen LogP contribution in [0.4, 0.5) is 0 Å². The van der Waals surface area contributed by atoms with Crippen LogP contribution in [0.1, 0.15) is 35.2 Å². The number of carboxylic acids is 1. The lowest BCUT2D eigenvalue weighted by atomic mass is 9.97. The molecule has 1 aliphatic heterocycles. The Morgan fingerprint density at radius 1 is 0.800 bits per heavy atom. The zero-order chi connectivity index (χ0) is 28.4. The maximum Gasteiger partial charge on any atom is 0.335 e. The van der Waals surface area contributed by atoms with Crippen molar-refractivity contribution in [2.24, 2.45) is 0 Å². The molecule has 2 heterocycles. The SMILES string of the molecule is O=C(CCCCn1cc(C(=O)c2cccc3ccccc23)c2ccccc21)OC1OC(C(=O)O)C(O)C(O)C1O. The van der Waals surface area contributed by atoms with Gasteiger partial charge in [0.1, 0.15) is 18.3 Å². The molecule has 5 rings (SSSR count). The fraction of sp³-hybridized carbons (Fsp3) is 0.300. The summed E-state index contributed by atoms with van der Waals surface area (Å²) in [5.74, 6) is -2.38. The highest BCUT2D eigenvalue weighted by Gasteiger charge is 2.48. The van der Waals surface area contributed by atoms with Crippen LogP contribution in [0.2, 0.25) is 0 Å². The number of nitrogens with zero attached hydrogens (tertiary/aromatic N) is 1. The van der Waals surface area contributed by atoms with Crippen LogP contribution >= 0.6 is 0 Å². The summed E-state index contributed by atoms with van der Waals surface area (Å²) < 4.78 is 12.0. The predicted octanol–water partition coefficient (Wildman–Crippen LogP) is 2.63. The Bertz CT molecular complexity index is 1560. The number of rotatable bonds is 9. The van der Waals surface area contributed by atoms with Gasteiger partial charge in [0.05, 0.1) is 0 Å². The van der Waals surface area contributed by atoms with E-state index in [-0.39, 0.29) is 12.2 Å². The van der Waals surface area contributed by atoms with Crippen LogP contribution in [0, 0.1) is 0 Å². The van der Waals surface area contributed by atoms with E-state index in [4.69, 9.17) is 14.6 Å². The number of aryl methyl sites for hydroxylation is 1. The summed E-state index contributed by atoms with van der Waals surface area (Å²) >= 11 is 0.